The first-order valence-electron chi connectivity index (χ1n) is 7.15. The van der Waals surface area contributed by atoms with Gasteiger partial charge in [0, 0.05) is 23.2 Å². The second-order valence-corrected chi connectivity index (χ2v) is 5.61. The number of halogens is 1. The zero-order chi connectivity index (χ0) is 14.4. The molecule has 0 radical (unpaired) electrons. The molecule has 1 aliphatic heterocycles. The molecule has 1 aliphatic rings. The lowest BCUT2D eigenvalue weighted by molar-refractivity contribution is 0.101. The molecule has 1 aromatic rings. The first-order valence-corrected chi connectivity index (χ1v) is 7.53. The Labute approximate surface area is 125 Å². The van der Waals surface area contributed by atoms with Crippen LogP contribution in [-0.2, 0) is 4.74 Å². The van der Waals surface area contributed by atoms with Gasteiger partial charge >= 0.3 is 0 Å². The van der Waals surface area contributed by atoms with Crippen molar-refractivity contribution in [1.29, 1.82) is 0 Å². The molecule has 112 valence electrons. The summed E-state index contributed by atoms with van der Waals surface area (Å²) in [7, 11) is 1.66. The Bertz CT molecular complexity index is 422. The van der Waals surface area contributed by atoms with E-state index in [1.54, 1.807) is 7.11 Å². The molecule has 0 aromatic heterocycles. The molecule has 0 bridgehead atoms. The van der Waals surface area contributed by atoms with Crippen molar-refractivity contribution in [3.8, 4) is 5.75 Å². The molecule has 1 heterocycles. The molecule has 1 saturated heterocycles. The molecule has 1 fully saturated rings. The lowest BCUT2D eigenvalue weighted by Gasteiger charge is -2.20. The number of ether oxygens (including phenoxy) is 2. The minimum Gasteiger partial charge on any atom is -0.496 e. The van der Waals surface area contributed by atoms with Gasteiger partial charge in [0.2, 0.25) is 0 Å². The minimum atomic E-state index is 0.0463. The summed E-state index contributed by atoms with van der Waals surface area (Å²) < 4.78 is 11.0. The second kappa shape index (κ2) is 7.84. The van der Waals surface area contributed by atoms with E-state index < -0.39 is 0 Å². The zero-order valence-electron chi connectivity index (χ0n) is 11.9. The summed E-state index contributed by atoms with van der Waals surface area (Å²) in [4.78, 5) is 0. The van der Waals surface area contributed by atoms with Crippen LogP contribution in [0, 0.1) is 0 Å². The molecule has 3 N–H and O–H groups in total. The van der Waals surface area contributed by atoms with E-state index >= 15 is 0 Å². The normalized spacial score (nSPS) is 20.1. The minimum absolute atomic E-state index is 0.0463. The zero-order valence-corrected chi connectivity index (χ0v) is 12.7. The number of benzene rings is 1. The first-order chi connectivity index (χ1) is 9.74. The van der Waals surface area contributed by atoms with Gasteiger partial charge in [-0.3, -0.25) is 11.3 Å². The van der Waals surface area contributed by atoms with Gasteiger partial charge in [-0.15, -0.1) is 0 Å². The van der Waals surface area contributed by atoms with Gasteiger partial charge in [-0.25, -0.2) is 0 Å². The van der Waals surface area contributed by atoms with E-state index in [0.717, 1.165) is 37.2 Å². The average molecular weight is 299 g/mol. The van der Waals surface area contributed by atoms with Gasteiger partial charge in [-0.1, -0.05) is 11.6 Å². The van der Waals surface area contributed by atoms with Crippen LogP contribution in [-0.4, -0.2) is 19.8 Å². The number of rotatable bonds is 7. The van der Waals surface area contributed by atoms with E-state index in [4.69, 9.17) is 26.9 Å². The molecule has 5 heteroatoms. The number of methoxy groups -OCH3 is 1. The number of nitrogens with two attached hydrogens (primary N) is 1. The van der Waals surface area contributed by atoms with Crippen LogP contribution >= 0.6 is 11.6 Å². The van der Waals surface area contributed by atoms with Gasteiger partial charge in [-0.2, -0.15) is 0 Å². The summed E-state index contributed by atoms with van der Waals surface area (Å²) in [5, 5.41) is 0.695. The van der Waals surface area contributed by atoms with Crippen LogP contribution in [0.25, 0.3) is 0 Å². The Kier molecular flexibility index (Phi) is 6.10. The molecular formula is C15H23ClN2O2. The Hall–Kier alpha value is -0.810. The highest BCUT2D eigenvalue weighted by atomic mass is 35.5. The molecule has 2 unspecified atom stereocenters. The maximum Gasteiger partial charge on any atom is 0.123 e. The van der Waals surface area contributed by atoms with Crippen molar-refractivity contribution in [2.45, 2.75) is 44.2 Å². The van der Waals surface area contributed by atoms with Crippen LogP contribution in [0.2, 0.25) is 5.02 Å². The van der Waals surface area contributed by atoms with E-state index in [0.29, 0.717) is 11.1 Å². The van der Waals surface area contributed by atoms with Crippen molar-refractivity contribution in [2.24, 2.45) is 5.84 Å². The fourth-order valence-electron chi connectivity index (χ4n) is 2.73. The smallest absolute Gasteiger partial charge is 0.123 e. The molecule has 0 saturated carbocycles. The van der Waals surface area contributed by atoms with Crippen LogP contribution in [0.4, 0.5) is 0 Å². The third kappa shape index (κ3) is 4.09. The molecular weight excluding hydrogens is 276 g/mol. The van der Waals surface area contributed by atoms with Gasteiger partial charge in [0.05, 0.1) is 13.2 Å². The molecule has 2 rings (SSSR count). The standard InChI is InChI=1S/C15H23ClN2O2/c1-19-15-8-7-11(16)10-13(15)14(18-17)6-2-4-12-5-3-9-20-12/h7-8,10,12,14,18H,2-6,9,17H2,1H3. The fourth-order valence-corrected chi connectivity index (χ4v) is 2.91. The van der Waals surface area contributed by atoms with Gasteiger partial charge in [0.1, 0.15) is 5.75 Å². The van der Waals surface area contributed by atoms with Crippen molar-refractivity contribution in [3.63, 3.8) is 0 Å². The van der Waals surface area contributed by atoms with E-state index in [-0.39, 0.29) is 6.04 Å². The molecule has 4 nitrogen and oxygen atoms in total. The maximum absolute atomic E-state index is 6.07. The molecule has 0 aliphatic carbocycles. The topological polar surface area (TPSA) is 56.5 Å². The Morgan fingerprint density at radius 2 is 2.40 bits per heavy atom. The van der Waals surface area contributed by atoms with Crippen molar-refractivity contribution < 1.29 is 9.47 Å². The van der Waals surface area contributed by atoms with E-state index in [2.05, 4.69) is 5.43 Å². The maximum atomic E-state index is 6.07. The fraction of sp³-hybridized carbons (Fsp3) is 0.600. The van der Waals surface area contributed by atoms with Crippen LogP contribution in [0.1, 0.15) is 43.7 Å². The van der Waals surface area contributed by atoms with Gasteiger partial charge in [-0.05, 0) is 50.3 Å². The summed E-state index contributed by atoms with van der Waals surface area (Å²) >= 11 is 6.07. The van der Waals surface area contributed by atoms with Gasteiger partial charge < -0.3 is 9.47 Å². The largest absolute Gasteiger partial charge is 0.496 e. The van der Waals surface area contributed by atoms with Crippen LogP contribution in [0.3, 0.4) is 0 Å². The molecule has 0 amide bonds. The molecule has 0 spiro atoms. The monoisotopic (exact) mass is 298 g/mol. The Morgan fingerprint density at radius 3 is 3.05 bits per heavy atom. The highest BCUT2D eigenvalue weighted by Crippen LogP contribution is 2.31. The number of hydrazine groups is 1. The summed E-state index contributed by atoms with van der Waals surface area (Å²) in [6.45, 7) is 0.908. The first kappa shape index (κ1) is 15.6. The highest BCUT2D eigenvalue weighted by Gasteiger charge is 2.18. The number of hydrogen-bond acceptors (Lipinski definition) is 4. The van der Waals surface area contributed by atoms with Crippen molar-refractivity contribution in [3.05, 3.63) is 28.8 Å². The van der Waals surface area contributed by atoms with E-state index in [1.165, 1.54) is 12.8 Å². The quantitative estimate of drug-likeness (QED) is 0.599. The van der Waals surface area contributed by atoms with Gasteiger partial charge in [0.25, 0.3) is 0 Å². The lowest BCUT2D eigenvalue weighted by atomic mass is 9.99. The Morgan fingerprint density at radius 1 is 1.55 bits per heavy atom. The SMILES string of the molecule is COc1ccc(Cl)cc1C(CCCC1CCCO1)NN. The summed E-state index contributed by atoms with van der Waals surface area (Å²) in [6.07, 6.45) is 5.88. The lowest BCUT2D eigenvalue weighted by Crippen LogP contribution is -2.28. The van der Waals surface area contributed by atoms with Crippen molar-refractivity contribution >= 4 is 11.6 Å². The molecule has 1 aromatic carbocycles. The molecule has 20 heavy (non-hydrogen) atoms. The van der Waals surface area contributed by atoms with E-state index in [1.807, 2.05) is 18.2 Å². The van der Waals surface area contributed by atoms with Crippen LogP contribution in [0.15, 0.2) is 18.2 Å². The highest BCUT2D eigenvalue weighted by molar-refractivity contribution is 6.30. The summed E-state index contributed by atoms with van der Waals surface area (Å²) in [6, 6.07) is 5.66. The van der Waals surface area contributed by atoms with Crippen LogP contribution < -0.4 is 16.0 Å². The third-order valence-electron chi connectivity index (χ3n) is 3.81. The van der Waals surface area contributed by atoms with Crippen molar-refractivity contribution in [1.82, 2.24) is 5.43 Å². The average Bonchev–Trinajstić information content (AvgIpc) is 2.97. The number of nitrogens with one attached hydrogen (secondary N) is 1. The molecule has 2 atom stereocenters. The predicted molar refractivity (Wildman–Crippen MR) is 80.9 cm³/mol. The summed E-state index contributed by atoms with van der Waals surface area (Å²) in [5.41, 5.74) is 3.88. The van der Waals surface area contributed by atoms with Gasteiger partial charge in [0.15, 0.2) is 0 Å². The van der Waals surface area contributed by atoms with Crippen molar-refractivity contribution in [2.75, 3.05) is 13.7 Å². The predicted octanol–water partition coefficient (Wildman–Crippen LogP) is 3.20. The van der Waals surface area contributed by atoms with E-state index in [9.17, 15) is 0 Å². The second-order valence-electron chi connectivity index (χ2n) is 5.17. The third-order valence-corrected chi connectivity index (χ3v) is 4.05. The van der Waals surface area contributed by atoms with Crippen LogP contribution in [0.5, 0.6) is 5.75 Å². The summed E-state index contributed by atoms with van der Waals surface area (Å²) in [5.74, 6) is 6.51. The Balaban J connectivity index is 1.94. The number of hydrogen-bond donors (Lipinski definition) is 2.